The summed E-state index contributed by atoms with van der Waals surface area (Å²) in [6.07, 6.45) is 4.82. The van der Waals surface area contributed by atoms with Crippen LogP contribution in [0.1, 0.15) is 86.8 Å². The van der Waals surface area contributed by atoms with Gasteiger partial charge in [-0.2, -0.15) is 9.97 Å². The number of rotatable bonds is 8. The molecule has 10 radical (unpaired) electrons. The first kappa shape index (κ1) is 40.0. The second kappa shape index (κ2) is 16.0. The van der Waals surface area contributed by atoms with E-state index in [1.165, 1.54) is 4.90 Å². The zero-order valence-corrected chi connectivity index (χ0v) is 30.0. The van der Waals surface area contributed by atoms with Crippen LogP contribution in [0.2, 0.25) is 0 Å². The molecule has 2 aromatic rings. The summed E-state index contributed by atoms with van der Waals surface area (Å²) < 4.78 is 33.1. The third-order valence-corrected chi connectivity index (χ3v) is 8.62. The lowest BCUT2D eigenvalue weighted by atomic mass is 9.52. The summed E-state index contributed by atoms with van der Waals surface area (Å²) in [4.78, 5) is 32.3. The Morgan fingerprint density at radius 3 is 2.19 bits per heavy atom. The molecule has 0 saturated carbocycles. The van der Waals surface area contributed by atoms with Crippen molar-refractivity contribution in [2.75, 3.05) is 44.2 Å². The van der Waals surface area contributed by atoms with E-state index >= 15 is 4.39 Å². The normalized spacial score (nSPS) is 19.6. The molecule has 0 aliphatic carbocycles. The van der Waals surface area contributed by atoms with Crippen LogP contribution < -0.4 is 9.64 Å². The van der Waals surface area contributed by atoms with Gasteiger partial charge in [-0.25, -0.2) is 9.18 Å². The van der Waals surface area contributed by atoms with E-state index in [1.807, 2.05) is 39.5 Å². The van der Waals surface area contributed by atoms with Crippen molar-refractivity contribution in [1.29, 1.82) is 0 Å². The fraction of sp³-hybridized carbons (Fsp3) is 0.750. The molecule has 1 unspecified atom stereocenters. The molecule has 2 aromatic heterocycles. The fourth-order valence-corrected chi connectivity index (χ4v) is 6.57. The van der Waals surface area contributed by atoms with Crippen LogP contribution in [0.5, 0.6) is 6.01 Å². The number of fused-ring (bicyclic) bond motifs is 2. The standard InChI is InChI=1S/C28H36B5FN6O4.2C2H6/c1-5-19-20(34)21-18(14-35-19)22(37-23(36-21)43-27(29,30)26-8-6-10-39(26)11-7-9-26)38-12-13-40(24(41)44-25(2,3)4)17(15-38)16-42-28(31,32)33;2*1-2/h14,17H,5-13,15-16H2,1-4H3;2*1-2H3. The first-order valence-electron chi connectivity index (χ1n) is 17.2. The van der Waals surface area contributed by atoms with Crippen LogP contribution in [0.3, 0.4) is 0 Å². The average Bonchev–Trinajstić information content (AvgIpc) is 3.64. The molecule has 3 saturated heterocycles. The molecule has 48 heavy (non-hydrogen) atoms. The van der Waals surface area contributed by atoms with Gasteiger partial charge in [0.15, 0.2) is 5.82 Å². The van der Waals surface area contributed by atoms with Crippen molar-refractivity contribution in [2.24, 2.45) is 0 Å². The van der Waals surface area contributed by atoms with Crippen LogP contribution in [0, 0.1) is 5.82 Å². The van der Waals surface area contributed by atoms with Crippen LogP contribution in [-0.2, 0) is 15.9 Å². The Morgan fingerprint density at radius 1 is 1.00 bits per heavy atom. The second-order valence-electron chi connectivity index (χ2n) is 13.0. The topological polar surface area (TPSA) is 93.2 Å². The molecule has 10 nitrogen and oxygen atoms in total. The minimum atomic E-state index is -1.92. The van der Waals surface area contributed by atoms with Gasteiger partial charge in [0.05, 0.1) is 47.3 Å². The molecule has 5 heterocycles. The molecular formula is C32H48B5FN6O4. The molecule has 5 rings (SSSR count). The summed E-state index contributed by atoms with van der Waals surface area (Å²) >= 11 is 0. The summed E-state index contributed by atoms with van der Waals surface area (Å²) in [5, 5.41) is -3.18. The number of ether oxygens (including phenoxy) is 3. The molecular weight excluding hydrogens is 605 g/mol. The van der Waals surface area contributed by atoms with Gasteiger partial charge in [0.2, 0.25) is 0 Å². The SMILES string of the molecule is CC.CC.[B]C([B])([B])OCC1CN(c2nc(OC([B])([B])C34CCCN3CCC4)nc3c(F)c(CC)ncc23)CCN1C(=O)OC(C)(C)C. The van der Waals surface area contributed by atoms with Crippen LogP contribution in [0.4, 0.5) is 15.0 Å². The molecule has 0 N–H and O–H groups in total. The third-order valence-electron chi connectivity index (χ3n) is 8.62. The summed E-state index contributed by atoms with van der Waals surface area (Å²) in [5.41, 5.74) is -1.01. The van der Waals surface area contributed by atoms with Gasteiger partial charge < -0.3 is 19.1 Å². The van der Waals surface area contributed by atoms with E-state index in [0.717, 1.165) is 38.8 Å². The van der Waals surface area contributed by atoms with E-state index in [4.69, 9.17) is 58.4 Å². The van der Waals surface area contributed by atoms with Crippen molar-refractivity contribution in [3.63, 3.8) is 0 Å². The highest BCUT2D eigenvalue weighted by molar-refractivity contribution is 6.58. The van der Waals surface area contributed by atoms with Gasteiger partial charge in [0.1, 0.15) is 32.6 Å². The van der Waals surface area contributed by atoms with Crippen LogP contribution >= 0.6 is 0 Å². The van der Waals surface area contributed by atoms with Crippen molar-refractivity contribution in [1.82, 2.24) is 24.8 Å². The summed E-state index contributed by atoms with van der Waals surface area (Å²) in [6.45, 7) is 17.5. The molecule has 16 heteroatoms. The number of pyridine rings is 1. The first-order valence-corrected chi connectivity index (χ1v) is 17.2. The van der Waals surface area contributed by atoms with Crippen molar-refractivity contribution in [2.45, 2.75) is 115 Å². The molecule has 1 amide bonds. The maximum atomic E-state index is 15.8. The van der Waals surface area contributed by atoms with Gasteiger partial charge >= 0.3 is 12.1 Å². The monoisotopic (exact) mass is 654 g/mol. The van der Waals surface area contributed by atoms with Crippen molar-refractivity contribution >= 4 is 62.0 Å². The van der Waals surface area contributed by atoms with E-state index in [-0.39, 0.29) is 36.9 Å². The lowest BCUT2D eigenvalue weighted by Gasteiger charge is -2.47. The van der Waals surface area contributed by atoms with Crippen molar-refractivity contribution in [3.05, 3.63) is 17.7 Å². The summed E-state index contributed by atoms with van der Waals surface area (Å²) in [7, 11) is 30.4. The Bertz CT molecular complexity index is 1380. The number of aryl methyl sites for hydroxylation is 1. The highest BCUT2D eigenvalue weighted by atomic mass is 19.1. The predicted molar refractivity (Wildman–Crippen MR) is 192 cm³/mol. The van der Waals surface area contributed by atoms with Crippen LogP contribution in [0.15, 0.2) is 6.20 Å². The second-order valence-corrected chi connectivity index (χ2v) is 13.0. The molecule has 3 aliphatic heterocycles. The Kier molecular flexibility index (Phi) is 13.4. The lowest BCUT2D eigenvalue weighted by Crippen LogP contribution is -2.63. The maximum absolute atomic E-state index is 15.8. The Hall–Kier alpha value is -2.47. The van der Waals surface area contributed by atoms with Crippen molar-refractivity contribution in [3.8, 4) is 6.01 Å². The largest absolute Gasteiger partial charge is 0.475 e. The molecule has 0 spiro atoms. The van der Waals surface area contributed by atoms with Gasteiger partial charge in [-0.15, -0.1) is 0 Å². The first-order chi connectivity index (χ1) is 22.5. The highest BCUT2D eigenvalue weighted by Crippen LogP contribution is 2.45. The number of carbonyl (C=O) groups excluding carboxylic acids is 1. The van der Waals surface area contributed by atoms with Crippen LogP contribution in [-0.4, -0.2) is 137 Å². The molecule has 0 bridgehead atoms. The van der Waals surface area contributed by atoms with E-state index < -0.39 is 39.8 Å². The summed E-state index contributed by atoms with van der Waals surface area (Å²) in [5.74, 6) is -0.235. The maximum Gasteiger partial charge on any atom is 0.410 e. The predicted octanol–water partition coefficient (Wildman–Crippen LogP) is 3.34. The number of halogens is 1. The smallest absolute Gasteiger partial charge is 0.410 e. The Balaban J connectivity index is 0.00000151. The zero-order chi connectivity index (χ0) is 36.1. The van der Waals surface area contributed by atoms with Crippen LogP contribution in [0.25, 0.3) is 10.9 Å². The number of amides is 1. The minimum Gasteiger partial charge on any atom is -0.475 e. The lowest BCUT2D eigenvalue weighted by molar-refractivity contribution is -0.00288. The Morgan fingerprint density at radius 2 is 1.62 bits per heavy atom. The number of aromatic nitrogens is 3. The van der Waals surface area contributed by atoms with Gasteiger partial charge in [-0.05, 0) is 71.3 Å². The number of piperazine rings is 1. The zero-order valence-electron chi connectivity index (χ0n) is 30.0. The van der Waals surface area contributed by atoms with E-state index in [0.29, 0.717) is 24.2 Å². The molecule has 3 aliphatic rings. The molecule has 0 aromatic carbocycles. The van der Waals surface area contributed by atoms with Gasteiger partial charge in [-0.1, -0.05) is 34.6 Å². The van der Waals surface area contributed by atoms with Gasteiger partial charge in [-0.3, -0.25) is 14.8 Å². The van der Waals surface area contributed by atoms with E-state index in [1.54, 1.807) is 27.0 Å². The molecule has 1 atom stereocenters. The molecule has 3 fully saturated rings. The number of nitrogens with zero attached hydrogens (tertiary/aromatic N) is 6. The Labute approximate surface area is 293 Å². The number of hydrogen-bond acceptors (Lipinski definition) is 9. The van der Waals surface area contributed by atoms with Gasteiger partial charge in [0, 0.05) is 36.8 Å². The van der Waals surface area contributed by atoms with E-state index in [9.17, 15) is 4.79 Å². The number of carbonyl (C=O) groups is 1. The highest BCUT2D eigenvalue weighted by Gasteiger charge is 2.55. The fourth-order valence-electron chi connectivity index (χ4n) is 6.57. The quantitative estimate of drug-likeness (QED) is 0.398. The average molecular weight is 654 g/mol. The minimum absolute atomic E-state index is 0.0344. The summed E-state index contributed by atoms with van der Waals surface area (Å²) in [6, 6.07) is -0.756. The van der Waals surface area contributed by atoms with Crippen molar-refractivity contribution < 1.29 is 23.4 Å². The molecule has 252 valence electrons. The number of anilines is 1. The third kappa shape index (κ3) is 8.81. The van der Waals surface area contributed by atoms with Gasteiger partial charge in [0.25, 0.3) is 0 Å². The van der Waals surface area contributed by atoms with E-state index in [2.05, 4.69) is 14.9 Å². The number of hydrogen-bond donors (Lipinski definition) is 0.